The number of halogens is 2. The Morgan fingerprint density at radius 3 is 2.56 bits per heavy atom. The first-order valence-corrected chi connectivity index (χ1v) is 7.43. The molecule has 1 atom stereocenters. The Bertz CT molecular complexity index is 680. The monoisotopic (exact) mass is 374 g/mol. The van der Waals surface area contributed by atoms with E-state index in [1.165, 1.54) is 0 Å². The smallest absolute Gasteiger partial charge is 0.677 e. The molecule has 0 saturated carbocycles. The molecular weight excluding hydrogens is 357 g/mol. The van der Waals surface area contributed by atoms with Crippen molar-refractivity contribution in [2.45, 2.75) is 30.7 Å². The van der Waals surface area contributed by atoms with Crippen molar-refractivity contribution in [1.29, 1.82) is 0 Å². The number of carbonyl (C=O) groups excluding carboxylic acids is 2. The predicted octanol–water partition coefficient (Wildman–Crippen LogP) is 0.346. The molecule has 1 unspecified atom stereocenters. The number of ether oxygens (including phenoxy) is 1. The third kappa shape index (κ3) is 4.69. The van der Waals surface area contributed by atoms with Gasteiger partial charge in [-0.15, -0.1) is 6.58 Å². The second-order valence-corrected chi connectivity index (χ2v) is 5.41. The van der Waals surface area contributed by atoms with Crippen molar-refractivity contribution in [3.63, 3.8) is 0 Å². The summed E-state index contributed by atoms with van der Waals surface area (Å²) in [5.41, 5.74) is 5.30. The van der Waals surface area contributed by atoms with Crippen LogP contribution in [0.25, 0.3) is 5.73 Å². The molecule has 1 aromatic carbocycles. The molecule has 25 heavy (non-hydrogen) atoms. The van der Waals surface area contributed by atoms with E-state index < -0.39 is 29.6 Å². The number of nitrogens with one attached hydrogen (secondary N) is 1. The number of ketones is 1. The number of esters is 1. The average Bonchev–Trinajstić information content (AvgIpc) is 2.91. The summed E-state index contributed by atoms with van der Waals surface area (Å²) in [5.74, 6) is -6.67. The minimum atomic E-state index is -3.78. The summed E-state index contributed by atoms with van der Waals surface area (Å²) < 4.78 is 33.2. The van der Waals surface area contributed by atoms with Gasteiger partial charge in [-0.1, -0.05) is 30.7 Å². The standard InChI is InChI=1S/C17H17F2N2O3.K/c1-2-9-17(18,19)14(22)16(10-6-11-20)15(23)24-13(21-16)12-7-4-3-5-8-12;/h2-5,7-8,20H,1,6,9-11H2;/q-1;+1. The number of cyclic esters (lactones) is 1. The van der Waals surface area contributed by atoms with Crippen molar-refractivity contribution in [2.75, 3.05) is 6.54 Å². The van der Waals surface area contributed by atoms with Crippen molar-refractivity contribution < 1.29 is 74.5 Å². The van der Waals surface area contributed by atoms with E-state index >= 15 is 0 Å². The van der Waals surface area contributed by atoms with Crippen LogP contribution in [0, 0.1) is 0 Å². The van der Waals surface area contributed by atoms with Crippen LogP contribution in [-0.2, 0) is 14.3 Å². The Balaban J connectivity index is 0.00000312. The molecule has 128 valence electrons. The van der Waals surface area contributed by atoms with Crippen LogP contribution in [0.5, 0.6) is 0 Å². The Hall–Kier alpha value is -0.774. The summed E-state index contributed by atoms with van der Waals surface area (Å²) in [6, 6.07) is 8.27. The average molecular weight is 374 g/mol. The maximum Gasteiger partial charge on any atom is 1.00 e. The van der Waals surface area contributed by atoms with E-state index in [-0.39, 0.29) is 76.7 Å². The van der Waals surface area contributed by atoms with Crippen LogP contribution in [-0.4, -0.2) is 35.7 Å². The third-order valence-electron chi connectivity index (χ3n) is 3.66. The molecule has 8 heteroatoms. The Labute approximate surface area is 187 Å². The van der Waals surface area contributed by atoms with E-state index in [1.807, 2.05) is 0 Å². The summed E-state index contributed by atoms with van der Waals surface area (Å²) in [4.78, 5) is 28.7. The molecule has 1 aromatic rings. The summed E-state index contributed by atoms with van der Waals surface area (Å²) >= 11 is 0. The number of hydrogen-bond donors (Lipinski definition) is 0. The summed E-state index contributed by atoms with van der Waals surface area (Å²) in [7, 11) is 0. The Morgan fingerprint density at radius 1 is 1.36 bits per heavy atom. The third-order valence-corrected chi connectivity index (χ3v) is 3.66. The van der Waals surface area contributed by atoms with Crippen molar-refractivity contribution in [3.8, 4) is 0 Å². The Morgan fingerprint density at radius 2 is 2.00 bits per heavy atom. The number of benzene rings is 1. The van der Waals surface area contributed by atoms with E-state index in [9.17, 15) is 18.4 Å². The fraction of sp³-hybridized carbons (Fsp3) is 0.353. The number of rotatable bonds is 8. The quantitative estimate of drug-likeness (QED) is 0.285. The van der Waals surface area contributed by atoms with Crippen molar-refractivity contribution in [1.82, 2.24) is 0 Å². The van der Waals surface area contributed by atoms with Crippen LogP contribution in [0.15, 0.2) is 48.0 Å². The SMILES string of the molecule is C=CCC(F)(F)C(=O)C1(CCC[NH-])N=C(c2ccccc2)OC1=O.[K+]. The fourth-order valence-corrected chi connectivity index (χ4v) is 2.45. The van der Waals surface area contributed by atoms with E-state index in [0.717, 1.165) is 6.08 Å². The molecule has 1 N–H and O–H groups in total. The summed E-state index contributed by atoms with van der Waals surface area (Å²) in [6.07, 6.45) is -0.204. The predicted molar refractivity (Wildman–Crippen MR) is 85.0 cm³/mol. The Kier molecular flexibility index (Phi) is 8.24. The van der Waals surface area contributed by atoms with Crippen molar-refractivity contribution >= 4 is 17.7 Å². The fourth-order valence-electron chi connectivity index (χ4n) is 2.45. The van der Waals surface area contributed by atoms with Gasteiger partial charge in [0.05, 0.1) is 0 Å². The molecule has 0 amide bonds. The van der Waals surface area contributed by atoms with Crippen molar-refractivity contribution in [2.24, 2.45) is 4.99 Å². The summed E-state index contributed by atoms with van der Waals surface area (Å²) in [5, 5.41) is 0. The van der Waals surface area contributed by atoms with Gasteiger partial charge in [-0.25, -0.2) is 9.79 Å². The molecule has 1 heterocycles. The molecule has 2 rings (SSSR count). The van der Waals surface area contributed by atoms with Gasteiger partial charge < -0.3 is 10.5 Å². The maximum atomic E-state index is 14.1. The second-order valence-electron chi connectivity index (χ2n) is 5.41. The molecule has 0 aliphatic carbocycles. The van der Waals surface area contributed by atoms with Gasteiger partial charge in [0, 0.05) is 12.0 Å². The van der Waals surface area contributed by atoms with Crippen molar-refractivity contribution in [3.05, 3.63) is 54.3 Å². The maximum absolute atomic E-state index is 14.1. The number of alkyl halides is 2. The molecule has 0 radical (unpaired) electrons. The first-order valence-electron chi connectivity index (χ1n) is 7.43. The van der Waals surface area contributed by atoms with E-state index in [2.05, 4.69) is 11.6 Å². The normalized spacial score (nSPS) is 19.6. The largest absolute Gasteiger partial charge is 1.00 e. The van der Waals surface area contributed by atoms with E-state index in [4.69, 9.17) is 10.5 Å². The second kappa shape index (κ2) is 9.25. The zero-order valence-electron chi connectivity index (χ0n) is 13.9. The number of carbonyl (C=O) groups is 2. The van der Waals surface area contributed by atoms with Crippen LogP contribution >= 0.6 is 0 Å². The van der Waals surface area contributed by atoms with Crippen LogP contribution in [0.1, 0.15) is 24.8 Å². The van der Waals surface area contributed by atoms with Gasteiger partial charge in [0.25, 0.3) is 0 Å². The van der Waals surface area contributed by atoms with Gasteiger partial charge in [0.1, 0.15) is 0 Å². The van der Waals surface area contributed by atoms with Crippen LogP contribution in [0.3, 0.4) is 0 Å². The topological polar surface area (TPSA) is 79.5 Å². The van der Waals surface area contributed by atoms with Gasteiger partial charge >= 0.3 is 63.3 Å². The van der Waals surface area contributed by atoms with Crippen LogP contribution in [0.4, 0.5) is 8.78 Å². The minimum Gasteiger partial charge on any atom is -0.677 e. The van der Waals surface area contributed by atoms with Gasteiger partial charge in [-0.2, -0.15) is 15.3 Å². The number of hydrogen-bond acceptors (Lipinski definition) is 4. The number of nitrogens with zero attached hydrogens (tertiary/aromatic N) is 1. The molecule has 1 aliphatic rings. The first-order chi connectivity index (χ1) is 11.4. The van der Waals surface area contributed by atoms with Gasteiger partial charge in [-0.3, -0.25) is 4.79 Å². The van der Waals surface area contributed by atoms with Gasteiger partial charge in [0.2, 0.25) is 17.2 Å². The summed E-state index contributed by atoms with van der Waals surface area (Å²) in [6.45, 7) is 3.09. The number of aliphatic imine (C=N–C) groups is 1. The van der Waals surface area contributed by atoms with E-state index in [0.29, 0.717) is 5.56 Å². The molecule has 1 aliphatic heterocycles. The molecular formula is C17H17F2KN2O3. The van der Waals surface area contributed by atoms with Crippen LogP contribution < -0.4 is 51.4 Å². The zero-order chi connectivity index (χ0) is 17.8. The molecule has 0 spiro atoms. The van der Waals surface area contributed by atoms with Gasteiger partial charge in [0.15, 0.2) is 0 Å². The number of Topliss-reactive ketones (excluding diaryl/α,β-unsaturated/α-hetero) is 1. The molecule has 0 aromatic heterocycles. The molecule has 0 bridgehead atoms. The molecule has 5 nitrogen and oxygen atoms in total. The molecule has 0 saturated heterocycles. The number of allylic oxidation sites excluding steroid dienone is 1. The van der Waals surface area contributed by atoms with Crippen LogP contribution in [0.2, 0.25) is 0 Å². The first kappa shape index (κ1) is 22.3. The minimum absolute atomic E-state index is 0. The zero-order valence-corrected chi connectivity index (χ0v) is 17.1. The van der Waals surface area contributed by atoms with E-state index in [1.54, 1.807) is 30.3 Å². The molecule has 0 fully saturated rings. The van der Waals surface area contributed by atoms with Gasteiger partial charge in [-0.05, 0) is 18.6 Å².